The van der Waals surface area contributed by atoms with Crippen molar-refractivity contribution in [1.29, 1.82) is 0 Å². The van der Waals surface area contributed by atoms with E-state index >= 15 is 0 Å². The van der Waals surface area contributed by atoms with Crippen molar-refractivity contribution >= 4 is 11.7 Å². The topological polar surface area (TPSA) is 48.1 Å². The zero-order valence-corrected chi connectivity index (χ0v) is 12.3. The van der Waals surface area contributed by atoms with Crippen molar-refractivity contribution in [3.63, 3.8) is 0 Å². The fourth-order valence-corrected chi connectivity index (χ4v) is 3.11. The maximum absolute atomic E-state index is 12.9. The fraction of sp³-hybridized carbons (Fsp3) is 0.353. The molecule has 0 saturated carbocycles. The molecule has 1 aliphatic heterocycles. The number of carbonyl (C=O) groups excluding carboxylic acids is 1. The van der Waals surface area contributed by atoms with Crippen LogP contribution in [0.2, 0.25) is 0 Å². The lowest BCUT2D eigenvalue weighted by Gasteiger charge is -2.31. The van der Waals surface area contributed by atoms with Crippen molar-refractivity contribution in [3.05, 3.63) is 54.2 Å². The zero-order chi connectivity index (χ0) is 14.7. The molecule has 0 radical (unpaired) electrons. The summed E-state index contributed by atoms with van der Waals surface area (Å²) in [7, 11) is 1.86. The minimum Gasteiger partial charge on any atom is -0.348 e. The third-order valence-electron chi connectivity index (χ3n) is 4.19. The predicted molar refractivity (Wildman–Crippen MR) is 84.2 cm³/mol. The van der Waals surface area contributed by atoms with Crippen LogP contribution in [0.1, 0.15) is 30.9 Å². The molecule has 2 aromatic rings. The first kappa shape index (κ1) is 13.9. The Balaban J connectivity index is 2.02. The highest BCUT2D eigenvalue weighted by Gasteiger charge is 2.34. The summed E-state index contributed by atoms with van der Waals surface area (Å²) in [6, 6.07) is 14.2. The van der Waals surface area contributed by atoms with Crippen LogP contribution in [0.15, 0.2) is 48.7 Å². The lowest BCUT2D eigenvalue weighted by molar-refractivity contribution is -0.120. The standard InChI is InChI=1S/C17H21N3O/c1-18-14-9-5-10-15(13-7-3-2-4-8-13)20(17(14)21)16-11-6-12-19-16/h2-4,6-8,11-12,14-15,18-19H,5,9-10H2,1H3. The number of nitrogens with one attached hydrogen (secondary N) is 2. The highest BCUT2D eigenvalue weighted by molar-refractivity contribution is 5.97. The summed E-state index contributed by atoms with van der Waals surface area (Å²) in [5, 5.41) is 3.15. The number of anilines is 1. The Bertz CT molecular complexity index is 579. The first-order valence-corrected chi connectivity index (χ1v) is 7.50. The molecule has 2 heterocycles. The number of aromatic amines is 1. The Morgan fingerprint density at radius 1 is 1.14 bits per heavy atom. The molecule has 1 aliphatic rings. The molecule has 1 aromatic carbocycles. The Morgan fingerprint density at radius 3 is 2.62 bits per heavy atom. The molecule has 1 fully saturated rings. The molecule has 1 saturated heterocycles. The monoisotopic (exact) mass is 283 g/mol. The SMILES string of the molecule is CNC1CCCC(c2ccccc2)N(c2ccc[nH]2)C1=O. The van der Waals surface area contributed by atoms with Crippen molar-refractivity contribution in [3.8, 4) is 0 Å². The molecule has 0 bridgehead atoms. The van der Waals surface area contributed by atoms with Crippen LogP contribution in [0.5, 0.6) is 0 Å². The maximum Gasteiger partial charge on any atom is 0.245 e. The average molecular weight is 283 g/mol. The van der Waals surface area contributed by atoms with Gasteiger partial charge in [-0.3, -0.25) is 9.69 Å². The van der Waals surface area contributed by atoms with Crippen LogP contribution in [0.25, 0.3) is 0 Å². The molecule has 21 heavy (non-hydrogen) atoms. The lowest BCUT2D eigenvalue weighted by atomic mass is 10.0. The normalized spacial score (nSPS) is 23.1. The number of H-pyrrole nitrogens is 1. The van der Waals surface area contributed by atoms with Crippen molar-refractivity contribution in [1.82, 2.24) is 10.3 Å². The molecule has 1 aromatic heterocycles. The van der Waals surface area contributed by atoms with Gasteiger partial charge in [-0.05, 0) is 44.0 Å². The largest absolute Gasteiger partial charge is 0.348 e. The number of carbonyl (C=O) groups is 1. The second-order valence-corrected chi connectivity index (χ2v) is 5.46. The predicted octanol–water partition coefficient (Wildman–Crippen LogP) is 2.86. The lowest BCUT2D eigenvalue weighted by Crippen LogP contribution is -2.45. The van der Waals surface area contributed by atoms with E-state index in [1.165, 1.54) is 5.56 Å². The van der Waals surface area contributed by atoms with E-state index in [1.807, 2.05) is 48.5 Å². The summed E-state index contributed by atoms with van der Waals surface area (Å²) >= 11 is 0. The Hall–Kier alpha value is -2.07. The molecule has 110 valence electrons. The summed E-state index contributed by atoms with van der Waals surface area (Å²) in [4.78, 5) is 18.0. The van der Waals surface area contributed by atoms with Gasteiger partial charge in [0, 0.05) is 6.20 Å². The third kappa shape index (κ3) is 2.72. The molecule has 0 aliphatic carbocycles. The fourth-order valence-electron chi connectivity index (χ4n) is 3.11. The van der Waals surface area contributed by atoms with Crippen molar-refractivity contribution in [2.75, 3.05) is 11.9 Å². The highest BCUT2D eigenvalue weighted by Crippen LogP contribution is 2.34. The molecular formula is C17H21N3O. The second kappa shape index (κ2) is 6.14. The van der Waals surface area contributed by atoms with Crippen LogP contribution in [0.3, 0.4) is 0 Å². The minimum atomic E-state index is -0.109. The summed E-state index contributed by atoms with van der Waals surface area (Å²) in [6.45, 7) is 0. The van der Waals surface area contributed by atoms with Gasteiger partial charge < -0.3 is 10.3 Å². The summed E-state index contributed by atoms with van der Waals surface area (Å²) in [5.41, 5.74) is 1.19. The third-order valence-corrected chi connectivity index (χ3v) is 4.19. The molecule has 2 N–H and O–H groups in total. The maximum atomic E-state index is 12.9. The van der Waals surface area contributed by atoms with Gasteiger partial charge in [-0.2, -0.15) is 0 Å². The highest BCUT2D eigenvalue weighted by atomic mass is 16.2. The van der Waals surface area contributed by atoms with Crippen molar-refractivity contribution < 1.29 is 4.79 Å². The zero-order valence-electron chi connectivity index (χ0n) is 12.3. The van der Waals surface area contributed by atoms with E-state index in [0.717, 1.165) is 25.1 Å². The molecule has 1 amide bonds. The summed E-state index contributed by atoms with van der Waals surface area (Å²) in [5.74, 6) is 1.02. The van der Waals surface area contributed by atoms with Gasteiger partial charge in [-0.1, -0.05) is 30.3 Å². The number of hydrogen-bond acceptors (Lipinski definition) is 2. The average Bonchev–Trinajstić information content (AvgIpc) is 2.99. The number of amides is 1. The Labute approximate surface area is 125 Å². The van der Waals surface area contributed by atoms with Crippen LogP contribution in [-0.2, 0) is 4.79 Å². The number of hydrogen-bond donors (Lipinski definition) is 2. The molecule has 2 unspecified atom stereocenters. The van der Waals surface area contributed by atoms with Crippen LogP contribution < -0.4 is 10.2 Å². The van der Waals surface area contributed by atoms with Crippen molar-refractivity contribution in [2.24, 2.45) is 0 Å². The van der Waals surface area contributed by atoms with Crippen molar-refractivity contribution in [2.45, 2.75) is 31.3 Å². The molecule has 4 nitrogen and oxygen atoms in total. The summed E-state index contributed by atoms with van der Waals surface area (Å²) in [6.07, 6.45) is 4.76. The first-order valence-electron chi connectivity index (χ1n) is 7.50. The van der Waals surface area contributed by atoms with Gasteiger partial charge in [0.1, 0.15) is 5.82 Å². The quantitative estimate of drug-likeness (QED) is 0.910. The van der Waals surface area contributed by atoms with E-state index in [2.05, 4.69) is 22.4 Å². The van der Waals surface area contributed by atoms with Crippen LogP contribution in [0, 0.1) is 0 Å². The Kier molecular flexibility index (Phi) is 4.06. The van der Waals surface area contributed by atoms with E-state index < -0.39 is 0 Å². The summed E-state index contributed by atoms with van der Waals surface area (Å²) < 4.78 is 0. The van der Waals surface area contributed by atoms with Gasteiger partial charge in [-0.25, -0.2) is 0 Å². The van der Waals surface area contributed by atoms with Gasteiger partial charge in [0.15, 0.2) is 0 Å². The van der Waals surface area contributed by atoms with E-state index in [-0.39, 0.29) is 18.0 Å². The van der Waals surface area contributed by atoms with Gasteiger partial charge >= 0.3 is 0 Å². The molecular weight excluding hydrogens is 262 g/mol. The number of rotatable bonds is 3. The number of nitrogens with zero attached hydrogens (tertiary/aromatic N) is 1. The first-order chi connectivity index (χ1) is 10.3. The number of aromatic nitrogens is 1. The molecule has 3 rings (SSSR count). The molecule has 2 atom stereocenters. The van der Waals surface area contributed by atoms with Crippen LogP contribution in [-0.4, -0.2) is 24.0 Å². The van der Waals surface area contributed by atoms with E-state index in [0.29, 0.717) is 0 Å². The van der Waals surface area contributed by atoms with Gasteiger partial charge in [0.2, 0.25) is 5.91 Å². The van der Waals surface area contributed by atoms with Crippen LogP contribution >= 0.6 is 0 Å². The van der Waals surface area contributed by atoms with Gasteiger partial charge in [0.25, 0.3) is 0 Å². The molecule has 4 heteroatoms. The number of likely N-dealkylation sites (N-methyl/N-ethyl adjacent to an activating group) is 1. The smallest absolute Gasteiger partial charge is 0.245 e. The van der Waals surface area contributed by atoms with Crippen LogP contribution in [0.4, 0.5) is 5.82 Å². The van der Waals surface area contributed by atoms with E-state index in [9.17, 15) is 4.79 Å². The van der Waals surface area contributed by atoms with E-state index in [4.69, 9.17) is 0 Å². The molecule has 0 spiro atoms. The Morgan fingerprint density at radius 2 is 1.95 bits per heavy atom. The number of benzene rings is 1. The van der Waals surface area contributed by atoms with E-state index in [1.54, 1.807) is 0 Å². The minimum absolute atomic E-state index is 0.0932. The van der Waals surface area contributed by atoms with Gasteiger partial charge in [0.05, 0.1) is 12.1 Å². The van der Waals surface area contributed by atoms with Gasteiger partial charge in [-0.15, -0.1) is 0 Å². The second-order valence-electron chi connectivity index (χ2n) is 5.46.